The highest BCUT2D eigenvalue weighted by atomic mass is 35.5. The first-order valence-corrected chi connectivity index (χ1v) is 17.0. The number of alkyl halides is 1. The van der Waals surface area contributed by atoms with E-state index in [0.29, 0.717) is 48.3 Å². The van der Waals surface area contributed by atoms with Crippen molar-refractivity contribution < 1.29 is 19.0 Å². The van der Waals surface area contributed by atoms with Gasteiger partial charge in [0.1, 0.15) is 24.2 Å². The fourth-order valence-electron chi connectivity index (χ4n) is 4.85. The van der Waals surface area contributed by atoms with Crippen LogP contribution < -0.4 is 10.2 Å². The van der Waals surface area contributed by atoms with Crippen molar-refractivity contribution in [2.75, 3.05) is 24.6 Å². The number of benzene rings is 1. The molecule has 1 amide bonds. The molecule has 1 fully saturated rings. The smallest absolute Gasteiger partial charge is 0.404 e. The number of nitrogens with zero attached hydrogens (tertiary/aromatic N) is 6. The third kappa shape index (κ3) is 5.87. The summed E-state index contributed by atoms with van der Waals surface area (Å²) >= 11 is 6.86. The van der Waals surface area contributed by atoms with E-state index in [1.54, 1.807) is 15.8 Å². The maximum absolute atomic E-state index is 14.8. The lowest BCUT2D eigenvalue weighted by Crippen LogP contribution is -2.52. The molecule has 208 valence electrons. The van der Waals surface area contributed by atoms with E-state index in [1.807, 2.05) is 36.1 Å². The number of aryl methyl sites for hydroxylation is 1. The minimum Gasteiger partial charge on any atom is -0.465 e. The second-order valence-electron chi connectivity index (χ2n) is 11.2. The van der Waals surface area contributed by atoms with Gasteiger partial charge in [0.05, 0.1) is 29.3 Å². The molecule has 0 spiro atoms. The highest BCUT2D eigenvalue weighted by Gasteiger charge is 2.31. The lowest BCUT2D eigenvalue weighted by molar-refractivity contribution is 0.0899. The van der Waals surface area contributed by atoms with Crippen molar-refractivity contribution in [1.29, 1.82) is 0 Å². The van der Waals surface area contributed by atoms with Crippen LogP contribution in [-0.4, -0.2) is 75.5 Å². The Morgan fingerprint density at radius 1 is 1.28 bits per heavy atom. The summed E-state index contributed by atoms with van der Waals surface area (Å²) in [5.41, 5.74) is 3.71. The Balaban J connectivity index is 1.50. The molecular formula is C26H33ClFN7O3Si. The summed E-state index contributed by atoms with van der Waals surface area (Å²) < 4.78 is 24.5. The van der Waals surface area contributed by atoms with Gasteiger partial charge in [0.2, 0.25) is 0 Å². The topological polar surface area (TPSA) is 110 Å². The largest absolute Gasteiger partial charge is 0.465 e. The molecule has 0 radical (unpaired) electrons. The molecule has 0 aliphatic carbocycles. The van der Waals surface area contributed by atoms with Gasteiger partial charge in [-0.2, -0.15) is 5.10 Å². The normalized spacial score (nSPS) is 18.3. The fourth-order valence-corrected chi connectivity index (χ4v) is 5.92. The zero-order valence-electron chi connectivity index (χ0n) is 22.5. The number of hydrogen-bond acceptors (Lipinski definition) is 6. The van der Waals surface area contributed by atoms with E-state index in [-0.39, 0.29) is 6.54 Å². The van der Waals surface area contributed by atoms with Gasteiger partial charge in [-0.25, -0.2) is 19.2 Å². The van der Waals surface area contributed by atoms with Crippen LogP contribution >= 0.6 is 11.6 Å². The van der Waals surface area contributed by atoms with Crippen molar-refractivity contribution in [1.82, 2.24) is 29.6 Å². The Hall–Kier alpha value is -3.22. The molecule has 3 aromatic heterocycles. The summed E-state index contributed by atoms with van der Waals surface area (Å²) in [5.74, 6) is 0.528. The number of ether oxygens (including phenoxy) is 1. The van der Waals surface area contributed by atoms with Crippen molar-refractivity contribution in [2.45, 2.75) is 51.1 Å². The molecule has 0 unspecified atom stereocenters. The van der Waals surface area contributed by atoms with Gasteiger partial charge in [0.25, 0.3) is 0 Å². The van der Waals surface area contributed by atoms with Crippen LogP contribution in [0.4, 0.5) is 15.0 Å². The average Bonchev–Trinajstić information content (AvgIpc) is 3.42. The second-order valence-corrected chi connectivity index (χ2v) is 17.2. The van der Waals surface area contributed by atoms with Crippen LogP contribution in [0.25, 0.3) is 33.2 Å². The van der Waals surface area contributed by atoms with Crippen molar-refractivity contribution >= 4 is 53.7 Å². The molecule has 1 aliphatic heterocycles. The number of carboxylic acid groups (broad SMARTS) is 1. The van der Waals surface area contributed by atoms with E-state index in [4.69, 9.17) is 31.4 Å². The average molecular weight is 574 g/mol. The number of amides is 1. The third-order valence-electron chi connectivity index (χ3n) is 6.98. The quantitative estimate of drug-likeness (QED) is 0.222. The summed E-state index contributed by atoms with van der Waals surface area (Å²) in [5, 5.41) is 17.1. The van der Waals surface area contributed by atoms with Crippen LogP contribution in [0.3, 0.4) is 0 Å². The number of halogens is 2. The summed E-state index contributed by atoms with van der Waals surface area (Å²) in [6.07, 6.45) is 3.23. The molecule has 10 nitrogen and oxygen atoms in total. The lowest BCUT2D eigenvalue weighted by atomic mass is 10.0. The van der Waals surface area contributed by atoms with Crippen molar-refractivity contribution in [3.63, 3.8) is 0 Å². The molecule has 1 aliphatic rings. The summed E-state index contributed by atoms with van der Waals surface area (Å²) in [6.45, 7) is 8.34. The molecule has 39 heavy (non-hydrogen) atoms. The van der Waals surface area contributed by atoms with Crippen LogP contribution in [0, 0.1) is 0 Å². The summed E-state index contributed by atoms with van der Waals surface area (Å²) in [4.78, 5) is 22.4. The van der Waals surface area contributed by atoms with E-state index in [2.05, 4.69) is 30.1 Å². The lowest BCUT2D eigenvalue weighted by Gasteiger charge is -2.35. The molecule has 0 saturated carbocycles. The van der Waals surface area contributed by atoms with E-state index < -0.39 is 26.4 Å². The minimum atomic E-state index is -1.36. The van der Waals surface area contributed by atoms with Crippen LogP contribution in [0.15, 0.2) is 30.7 Å². The molecule has 4 aromatic rings. The molecule has 4 heterocycles. The van der Waals surface area contributed by atoms with Gasteiger partial charge in [-0.3, -0.25) is 4.68 Å². The first-order chi connectivity index (χ1) is 18.5. The predicted octanol–water partition coefficient (Wildman–Crippen LogP) is 5.14. The number of fused-ring (bicyclic) bond motifs is 2. The van der Waals surface area contributed by atoms with Crippen LogP contribution in [0.1, 0.15) is 6.42 Å². The van der Waals surface area contributed by atoms with Gasteiger partial charge in [0, 0.05) is 57.2 Å². The van der Waals surface area contributed by atoms with E-state index >= 15 is 0 Å². The number of carbonyl (C=O) groups is 1. The number of nitrogens with one attached hydrogen (secondary N) is 1. The Morgan fingerprint density at radius 2 is 2.08 bits per heavy atom. The Labute approximate surface area is 231 Å². The summed E-state index contributed by atoms with van der Waals surface area (Å²) in [6, 6.07) is 4.17. The van der Waals surface area contributed by atoms with E-state index in [0.717, 1.165) is 28.1 Å². The van der Waals surface area contributed by atoms with Gasteiger partial charge in [-0.15, -0.1) is 0 Å². The van der Waals surface area contributed by atoms with Crippen molar-refractivity contribution in [3.05, 3.63) is 35.7 Å². The maximum atomic E-state index is 14.8. The van der Waals surface area contributed by atoms with Crippen molar-refractivity contribution in [2.24, 2.45) is 7.05 Å². The molecular weight excluding hydrogens is 541 g/mol. The molecule has 1 aromatic carbocycles. The van der Waals surface area contributed by atoms with Crippen molar-refractivity contribution in [3.8, 4) is 11.1 Å². The van der Waals surface area contributed by atoms with E-state index in [9.17, 15) is 9.18 Å². The molecule has 1 saturated heterocycles. The number of piperidine rings is 1. The summed E-state index contributed by atoms with van der Waals surface area (Å²) in [7, 11) is 0.602. The third-order valence-corrected chi connectivity index (χ3v) is 9.09. The standard InChI is InChI=1S/C26H33ClFN7O3Si/c1-33-12-18-20(32-33)6-5-16(23(18)27)17-13-35(15-38-9-10-39(2,3)4)25-24(17)29-11-22(31-25)34-8-7-21(19(28)14-34)30-26(36)37/h5-6,11-13,19,21,30H,7-10,14-15H2,1-4H3,(H,36,37)/t19-,21+/m0/s1. The fraction of sp³-hybridized carbons (Fsp3) is 0.462. The zero-order chi connectivity index (χ0) is 27.9. The van der Waals surface area contributed by atoms with E-state index in [1.165, 1.54) is 0 Å². The Bertz CT molecular complexity index is 1520. The van der Waals surface area contributed by atoms with Gasteiger partial charge in [-0.1, -0.05) is 37.3 Å². The highest BCUT2D eigenvalue weighted by Crippen LogP contribution is 2.38. The van der Waals surface area contributed by atoms with Gasteiger partial charge in [0.15, 0.2) is 5.65 Å². The minimum absolute atomic E-state index is 0.0227. The predicted molar refractivity (Wildman–Crippen MR) is 153 cm³/mol. The molecule has 0 bridgehead atoms. The number of rotatable bonds is 8. The molecule has 5 rings (SSSR count). The van der Waals surface area contributed by atoms with Gasteiger partial charge < -0.3 is 24.6 Å². The van der Waals surface area contributed by atoms with Gasteiger partial charge in [-0.05, 0) is 18.5 Å². The molecule has 2 atom stereocenters. The first kappa shape index (κ1) is 27.3. The Kier molecular flexibility index (Phi) is 7.53. The zero-order valence-corrected chi connectivity index (χ0v) is 24.2. The number of anilines is 1. The monoisotopic (exact) mass is 573 g/mol. The maximum Gasteiger partial charge on any atom is 0.404 e. The van der Waals surface area contributed by atoms with Gasteiger partial charge >= 0.3 is 6.09 Å². The van der Waals surface area contributed by atoms with Crippen LogP contribution in [0.2, 0.25) is 30.7 Å². The molecule has 13 heteroatoms. The molecule has 2 N–H and O–H groups in total. The highest BCUT2D eigenvalue weighted by molar-refractivity contribution is 6.76. The number of hydrogen-bond donors (Lipinski definition) is 2. The first-order valence-electron chi connectivity index (χ1n) is 12.9. The second kappa shape index (κ2) is 10.7. The van der Waals surface area contributed by atoms with Crippen LogP contribution in [-0.2, 0) is 18.5 Å². The Morgan fingerprint density at radius 3 is 2.79 bits per heavy atom. The van der Waals surface area contributed by atoms with Crippen LogP contribution in [0.5, 0.6) is 0 Å². The number of aromatic nitrogens is 5. The SMILES string of the molecule is Cn1cc2c(Cl)c(-c3cn(COCC[Si](C)(C)C)c4nc(N5CC[C@@H](NC(=O)O)[C@@H](F)C5)cnc34)ccc2n1.